The molecule has 0 spiro atoms. The van der Waals surface area contributed by atoms with Gasteiger partial charge < -0.3 is 10.1 Å². The molecule has 3 aromatic rings. The van der Waals surface area contributed by atoms with Crippen molar-refractivity contribution in [2.45, 2.75) is 13.3 Å². The molecule has 0 saturated carbocycles. The van der Waals surface area contributed by atoms with Crippen LogP contribution in [0.25, 0.3) is 10.9 Å². The van der Waals surface area contributed by atoms with Crippen molar-refractivity contribution in [1.82, 2.24) is 15.0 Å². The number of hydrogen-bond acceptors (Lipinski definition) is 5. The number of nitrogens with zero attached hydrogens (tertiary/aromatic N) is 4. The highest BCUT2D eigenvalue weighted by molar-refractivity contribution is 5.74. The minimum Gasteiger partial charge on any atom is -0.446 e. The summed E-state index contributed by atoms with van der Waals surface area (Å²) in [5.74, 6) is -1.16. The molecule has 0 unspecified atom stereocenters. The second kappa shape index (κ2) is 7.04. The Balaban J connectivity index is 1.72. The van der Waals surface area contributed by atoms with Crippen molar-refractivity contribution in [2.75, 3.05) is 5.32 Å². The van der Waals surface area contributed by atoms with Crippen LogP contribution in [0.3, 0.4) is 0 Å². The molecule has 1 aliphatic carbocycles. The van der Waals surface area contributed by atoms with Crippen LogP contribution in [0, 0.1) is 18.2 Å². The number of halogens is 2. The molecule has 28 heavy (non-hydrogen) atoms. The minimum absolute atomic E-state index is 0.0693. The fourth-order valence-electron chi connectivity index (χ4n) is 2.93. The fraction of sp³-hybridized carbons (Fsp3) is 0.100. The van der Waals surface area contributed by atoms with Crippen LogP contribution in [0.2, 0.25) is 0 Å². The number of aromatic nitrogens is 3. The van der Waals surface area contributed by atoms with Crippen molar-refractivity contribution in [3.05, 3.63) is 76.5 Å². The van der Waals surface area contributed by atoms with Crippen LogP contribution in [0.15, 0.2) is 42.4 Å². The number of anilines is 2. The molecule has 0 atom stereocenters. The van der Waals surface area contributed by atoms with Crippen LogP contribution in [0.4, 0.5) is 26.1 Å². The Morgan fingerprint density at radius 1 is 1.21 bits per heavy atom. The Morgan fingerprint density at radius 2 is 2.07 bits per heavy atom. The molecule has 1 N–H and O–H groups in total. The summed E-state index contributed by atoms with van der Waals surface area (Å²) in [7, 11) is 0. The van der Waals surface area contributed by atoms with Crippen LogP contribution < -0.4 is 10.1 Å². The van der Waals surface area contributed by atoms with Crippen LogP contribution in [0.1, 0.15) is 18.1 Å². The molecule has 0 radical (unpaired) electrons. The van der Waals surface area contributed by atoms with Gasteiger partial charge in [-0.25, -0.2) is 28.6 Å². The SMILES string of the molecule is [C-]#[N+]c1c(Nc2ccccn2)ncnc1Oc1cc(F)c2c(c1F)C=C(C)C2. The van der Waals surface area contributed by atoms with Gasteiger partial charge in [0.25, 0.3) is 5.69 Å². The van der Waals surface area contributed by atoms with E-state index in [1.807, 2.05) is 0 Å². The van der Waals surface area contributed by atoms with Gasteiger partial charge in [-0.05, 0) is 25.5 Å². The Morgan fingerprint density at radius 3 is 2.82 bits per heavy atom. The second-order valence-corrected chi connectivity index (χ2v) is 6.16. The number of allylic oxidation sites excluding steroid dienone is 1. The average Bonchev–Trinajstić information content (AvgIpc) is 3.09. The Hall–Kier alpha value is -3.86. The van der Waals surface area contributed by atoms with Crippen molar-refractivity contribution in [3.63, 3.8) is 0 Å². The van der Waals surface area contributed by atoms with Gasteiger partial charge in [0, 0.05) is 23.4 Å². The third kappa shape index (κ3) is 3.14. The van der Waals surface area contributed by atoms with Crippen LogP contribution >= 0.6 is 0 Å². The molecule has 1 aliphatic rings. The maximum absolute atomic E-state index is 14.8. The Kier molecular flexibility index (Phi) is 4.41. The molecule has 0 aliphatic heterocycles. The largest absolute Gasteiger partial charge is 0.446 e. The van der Waals surface area contributed by atoms with E-state index in [1.165, 1.54) is 6.33 Å². The van der Waals surface area contributed by atoms with E-state index in [9.17, 15) is 8.78 Å². The summed E-state index contributed by atoms with van der Waals surface area (Å²) in [6, 6.07) is 6.18. The normalized spacial score (nSPS) is 12.1. The van der Waals surface area contributed by atoms with Crippen molar-refractivity contribution in [3.8, 4) is 11.6 Å². The molecule has 0 saturated heterocycles. The number of nitrogens with one attached hydrogen (secondary N) is 1. The van der Waals surface area contributed by atoms with E-state index in [2.05, 4.69) is 25.1 Å². The number of rotatable bonds is 4. The lowest BCUT2D eigenvalue weighted by Crippen LogP contribution is -2.01. The topological polar surface area (TPSA) is 64.3 Å². The number of benzene rings is 1. The fourth-order valence-corrected chi connectivity index (χ4v) is 2.93. The van der Waals surface area contributed by atoms with Crippen molar-refractivity contribution in [1.29, 1.82) is 0 Å². The quantitative estimate of drug-likeness (QED) is 0.634. The minimum atomic E-state index is -0.693. The van der Waals surface area contributed by atoms with Gasteiger partial charge in [-0.15, -0.1) is 0 Å². The van der Waals surface area contributed by atoms with Gasteiger partial charge >= 0.3 is 0 Å². The molecule has 4 rings (SSSR count). The number of fused-ring (bicyclic) bond motifs is 1. The molecular weight excluding hydrogens is 364 g/mol. The molecule has 8 heteroatoms. The summed E-state index contributed by atoms with van der Waals surface area (Å²) in [6.45, 7) is 9.23. The highest BCUT2D eigenvalue weighted by Crippen LogP contribution is 2.40. The summed E-state index contributed by atoms with van der Waals surface area (Å²) >= 11 is 0. The van der Waals surface area contributed by atoms with E-state index in [0.717, 1.165) is 11.6 Å². The van der Waals surface area contributed by atoms with Gasteiger partial charge in [-0.2, -0.15) is 0 Å². The van der Waals surface area contributed by atoms with E-state index in [-0.39, 0.29) is 28.7 Å². The van der Waals surface area contributed by atoms with Gasteiger partial charge in [-0.3, -0.25) is 0 Å². The summed E-state index contributed by atoms with van der Waals surface area (Å²) < 4.78 is 34.7. The smallest absolute Gasteiger partial charge is 0.288 e. The van der Waals surface area contributed by atoms with E-state index in [4.69, 9.17) is 11.3 Å². The van der Waals surface area contributed by atoms with Crippen molar-refractivity contribution >= 4 is 23.4 Å². The van der Waals surface area contributed by atoms with E-state index >= 15 is 0 Å². The summed E-state index contributed by atoms with van der Waals surface area (Å²) in [5, 5.41) is 2.89. The van der Waals surface area contributed by atoms with Crippen molar-refractivity contribution < 1.29 is 13.5 Å². The van der Waals surface area contributed by atoms with Gasteiger partial charge in [-0.1, -0.05) is 17.7 Å². The molecule has 0 fully saturated rings. The van der Waals surface area contributed by atoms with Gasteiger partial charge in [0.05, 0.1) is 6.57 Å². The second-order valence-electron chi connectivity index (χ2n) is 6.16. The number of hydrogen-bond donors (Lipinski definition) is 1. The first kappa shape index (κ1) is 17.5. The first-order valence-corrected chi connectivity index (χ1v) is 8.33. The lowest BCUT2D eigenvalue weighted by Gasteiger charge is -2.12. The molecule has 0 bridgehead atoms. The summed E-state index contributed by atoms with van der Waals surface area (Å²) in [6.07, 6.45) is 4.69. The maximum atomic E-state index is 14.8. The third-order valence-corrected chi connectivity index (χ3v) is 4.19. The van der Waals surface area contributed by atoms with Crippen LogP contribution in [0.5, 0.6) is 11.6 Å². The average molecular weight is 377 g/mol. The van der Waals surface area contributed by atoms with Crippen LogP contribution in [-0.2, 0) is 6.42 Å². The number of pyridine rings is 1. The summed E-state index contributed by atoms with van der Waals surface area (Å²) in [4.78, 5) is 15.4. The summed E-state index contributed by atoms with van der Waals surface area (Å²) in [5.41, 5.74) is 1.25. The lowest BCUT2D eigenvalue weighted by atomic mass is 10.1. The molecule has 1 aromatic carbocycles. The Bertz CT molecular complexity index is 1140. The molecule has 0 amide bonds. The van der Waals surface area contributed by atoms with E-state index < -0.39 is 11.6 Å². The predicted octanol–water partition coefficient (Wildman–Crippen LogP) is 5.20. The van der Waals surface area contributed by atoms with Gasteiger partial charge in [0.1, 0.15) is 23.8 Å². The Labute approximate surface area is 159 Å². The highest BCUT2D eigenvalue weighted by atomic mass is 19.1. The standard InChI is InChI=1S/C20H13F2N5O/c1-11-7-12-13(8-11)17(22)15(9-14(12)21)28-20-18(23-2)19(25-10-26-20)27-16-5-3-4-6-24-16/h3-6,8-10H,7H2,1H3,(H,24,25,26,27). The first-order valence-electron chi connectivity index (χ1n) is 8.33. The third-order valence-electron chi connectivity index (χ3n) is 4.19. The van der Waals surface area contributed by atoms with E-state index in [1.54, 1.807) is 37.4 Å². The zero-order valence-corrected chi connectivity index (χ0v) is 14.7. The van der Waals surface area contributed by atoms with E-state index in [0.29, 0.717) is 17.8 Å². The van der Waals surface area contributed by atoms with Crippen LogP contribution in [-0.4, -0.2) is 15.0 Å². The zero-order valence-electron chi connectivity index (χ0n) is 14.7. The van der Waals surface area contributed by atoms with Crippen molar-refractivity contribution in [2.24, 2.45) is 0 Å². The maximum Gasteiger partial charge on any atom is 0.288 e. The van der Waals surface area contributed by atoms with Gasteiger partial charge in [0.2, 0.25) is 5.88 Å². The molecule has 6 nitrogen and oxygen atoms in total. The monoisotopic (exact) mass is 377 g/mol. The molecule has 138 valence electrons. The van der Waals surface area contributed by atoms with Gasteiger partial charge in [0.15, 0.2) is 11.6 Å². The lowest BCUT2D eigenvalue weighted by molar-refractivity contribution is 0.422. The molecule has 2 aromatic heterocycles. The number of ether oxygens (including phenoxy) is 1. The highest BCUT2D eigenvalue weighted by Gasteiger charge is 2.24. The zero-order chi connectivity index (χ0) is 19.7. The molecular formula is C20H13F2N5O. The molecule has 2 heterocycles. The first-order chi connectivity index (χ1) is 13.6. The predicted molar refractivity (Wildman–Crippen MR) is 99.6 cm³/mol.